The molecule has 4 nitrogen and oxygen atoms in total. The van der Waals surface area contributed by atoms with Crippen LogP contribution in [0.1, 0.15) is 34.1 Å². The first-order chi connectivity index (χ1) is 7.38. The Bertz CT molecular complexity index is 283. The maximum Gasteiger partial charge on any atom is 0.242 e. The molecule has 0 spiro atoms. The zero-order valence-electron chi connectivity index (χ0n) is 10.5. The first kappa shape index (κ1) is 13.4. The highest BCUT2D eigenvalue weighted by Crippen LogP contribution is 2.10. The number of nitrogens with one attached hydrogen (secondary N) is 2. The highest BCUT2D eigenvalue weighted by atomic mass is 32.2. The topological polar surface area (TPSA) is 53.5 Å². The molecule has 1 unspecified atom stereocenters. The zero-order chi connectivity index (χ0) is 12.2. The van der Waals surface area contributed by atoms with Gasteiger partial charge in [-0.15, -0.1) is 0 Å². The van der Waals surface area contributed by atoms with E-state index in [4.69, 9.17) is 0 Å². The van der Waals surface area contributed by atoms with E-state index in [0.29, 0.717) is 0 Å². The van der Waals surface area contributed by atoms with Crippen LogP contribution >= 0.6 is 11.8 Å². The fourth-order valence-corrected chi connectivity index (χ4v) is 2.19. The summed E-state index contributed by atoms with van der Waals surface area (Å²) >= 11 is 1.69. The maximum atomic E-state index is 11.8. The van der Waals surface area contributed by atoms with Crippen LogP contribution in [-0.2, 0) is 4.79 Å². The molecule has 5 heteroatoms. The zero-order valence-corrected chi connectivity index (χ0v) is 11.3. The van der Waals surface area contributed by atoms with Crippen molar-refractivity contribution in [1.82, 2.24) is 10.6 Å². The van der Waals surface area contributed by atoms with Crippen molar-refractivity contribution in [2.24, 2.45) is 4.99 Å². The summed E-state index contributed by atoms with van der Waals surface area (Å²) in [6.45, 7) is 8.65. The van der Waals surface area contributed by atoms with Gasteiger partial charge in [0.2, 0.25) is 5.91 Å². The van der Waals surface area contributed by atoms with E-state index in [-0.39, 0.29) is 17.5 Å². The van der Waals surface area contributed by atoms with Gasteiger partial charge in [0.15, 0.2) is 5.17 Å². The molecule has 1 heterocycles. The van der Waals surface area contributed by atoms with Gasteiger partial charge in [-0.25, -0.2) is 0 Å². The van der Waals surface area contributed by atoms with Gasteiger partial charge in [0.1, 0.15) is 6.04 Å². The normalized spacial score (nSPS) is 18.6. The van der Waals surface area contributed by atoms with Crippen molar-refractivity contribution in [3.05, 3.63) is 0 Å². The van der Waals surface area contributed by atoms with Crippen molar-refractivity contribution >= 4 is 22.8 Å². The number of hydrogen-bond donors (Lipinski definition) is 2. The number of carbonyl (C=O) groups excluding carboxylic acids is 1. The minimum absolute atomic E-state index is 0.0152. The third-order valence-electron chi connectivity index (χ3n) is 2.03. The Balaban J connectivity index is 2.42. The number of amides is 1. The van der Waals surface area contributed by atoms with E-state index >= 15 is 0 Å². The van der Waals surface area contributed by atoms with Crippen molar-refractivity contribution in [3.8, 4) is 0 Å². The van der Waals surface area contributed by atoms with Gasteiger partial charge in [-0.05, 0) is 34.1 Å². The molecule has 16 heavy (non-hydrogen) atoms. The molecule has 1 amide bonds. The maximum absolute atomic E-state index is 11.8. The van der Waals surface area contributed by atoms with Crippen LogP contribution in [0.2, 0.25) is 0 Å². The minimum Gasteiger partial charge on any atom is -0.353 e. The number of carbonyl (C=O) groups is 1. The molecule has 0 saturated carbocycles. The van der Waals surface area contributed by atoms with Gasteiger partial charge >= 0.3 is 0 Å². The second kappa shape index (κ2) is 5.57. The highest BCUT2D eigenvalue weighted by Gasteiger charge is 2.20. The summed E-state index contributed by atoms with van der Waals surface area (Å²) in [6.07, 6.45) is 1.12. The second-order valence-corrected chi connectivity index (χ2v) is 6.08. The van der Waals surface area contributed by atoms with Gasteiger partial charge in [-0.2, -0.15) is 0 Å². The fraction of sp³-hybridized carbons (Fsp3) is 0.818. The van der Waals surface area contributed by atoms with Gasteiger partial charge in [0, 0.05) is 17.8 Å². The molecule has 0 radical (unpaired) electrons. The molecule has 0 aromatic carbocycles. The first-order valence-electron chi connectivity index (χ1n) is 5.64. The summed E-state index contributed by atoms with van der Waals surface area (Å²) in [6, 6.07) is -0.233. The predicted octanol–water partition coefficient (Wildman–Crippen LogP) is 1.37. The Labute approximate surface area is 102 Å². The summed E-state index contributed by atoms with van der Waals surface area (Å²) in [5.74, 6) is 1.10. The van der Waals surface area contributed by atoms with Crippen LogP contribution in [0.3, 0.4) is 0 Å². The predicted molar refractivity (Wildman–Crippen MR) is 69.9 cm³/mol. The standard InChI is InChI=1S/C11H21N3OS/c1-8(9(15)14-11(2,3)4)13-10-12-6-5-7-16-10/h8H,5-7H2,1-4H3,(H,12,13)(H,14,15). The largest absolute Gasteiger partial charge is 0.353 e. The smallest absolute Gasteiger partial charge is 0.242 e. The monoisotopic (exact) mass is 243 g/mol. The molecule has 0 aromatic heterocycles. The number of nitrogens with zero attached hydrogens (tertiary/aromatic N) is 1. The van der Waals surface area contributed by atoms with Crippen LogP contribution < -0.4 is 10.6 Å². The summed E-state index contributed by atoms with van der Waals surface area (Å²) in [4.78, 5) is 16.1. The molecule has 1 atom stereocenters. The van der Waals surface area contributed by atoms with Gasteiger partial charge < -0.3 is 10.6 Å². The summed E-state index contributed by atoms with van der Waals surface area (Å²) in [5, 5.41) is 6.98. The van der Waals surface area contributed by atoms with Crippen molar-refractivity contribution in [2.45, 2.75) is 45.7 Å². The third kappa shape index (κ3) is 4.88. The van der Waals surface area contributed by atoms with Crippen molar-refractivity contribution in [2.75, 3.05) is 12.3 Å². The first-order valence-corrected chi connectivity index (χ1v) is 6.63. The van der Waals surface area contributed by atoms with Crippen molar-refractivity contribution in [3.63, 3.8) is 0 Å². The van der Waals surface area contributed by atoms with E-state index < -0.39 is 0 Å². The van der Waals surface area contributed by atoms with Crippen molar-refractivity contribution in [1.29, 1.82) is 0 Å². The lowest BCUT2D eigenvalue weighted by atomic mass is 10.1. The quantitative estimate of drug-likeness (QED) is 0.770. The lowest BCUT2D eigenvalue weighted by molar-refractivity contribution is -0.123. The molecule has 0 aliphatic carbocycles. The molecular formula is C11H21N3OS. The SMILES string of the molecule is CC(NC1=NCCCS1)C(=O)NC(C)(C)C. The molecule has 1 rings (SSSR count). The van der Waals surface area contributed by atoms with Crippen LogP contribution in [0, 0.1) is 0 Å². The Morgan fingerprint density at radius 2 is 2.19 bits per heavy atom. The van der Waals surface area contributed by atoms with E-state index in [1.165, 1.54) is 0 Å². The number of thioether (sulfide) groups is 1. The van der Waals surface area contributed by atoms with Gasteiger partial charge in [-0.1, -0.05) is 11.8 Å². The van der Waals surface area contributed by atoms with Crippen LogP contribution in [0.4, 0.5) is 0 Å². The third-order valence-corrected chi connectivity index (χ3v) is 3.04. The summed E-state index contributed by atoms with van der Waals surface area (Å²) in [7, 11) is 0. The highest BCUT2D eigenvalue weighted by molar-refractivity contribution is 8.13. The summed E-state index contributed by atoms with van der Waals surface area (Å²) < 4.78 is 0. The van der Waals surface area contributed by atoms with Crippen LogP contribution in [0.25, 0.3) is 0 Å². The van der Waals surface area contributed by atoms with Gasteiger partial charge in [0.25, 0.3) is 0 Å². The Hall–Kier alpha value is -0.710. The number of hydrogen-bond acceptors (Lipinski definition) is 4. The van der Waals surface area contributed by atoms with E-state index in [9.17, 15) is 4.79 Å². The summed E-state index contributed by atoms with van der Waals surface area (Å²) in [5.41, 5.74) is -0.186. The minimum atomic E-state index is -0.233. The van der Waals surface area contributed by atoms with Gasteiger partial charge in [0.05, 0.1) is 0 Å². The Kier molecular flexibility index (Phi) is 4.65. The lowest BCUT2D eigenvalue weighted by Gasteiger charge is -2.24. The molecule has 92 valence electrons. The van der Waals surface area contributed by atoms with Crippen molar-refractivity contribution < 1.29 is 4.79 Å². The number of aliphatic imine (C=N–C) groups is 1. The van der Waals surface area contributed by atoms with Gasteiger partial charge in [-0.3, -0.25) is 9.79 Å². The molecule has 1 aliphatic heterocycles. The van der Waals surface area contributed by atoms with E-state index in [0.717, 1.165) is 23.9 Å². The van der Waals surface area contributed by atoms with E-state index in [1.807, 2.05) is 27.7 Å². The van der Waals surface area contributed by atoms with Crippen LogP contribution in [0.5, 0.6) is 0 Å². The van der Waals surface area contributed by atoms with Crippen LogP contribution in [0.15, 0.2) is 4.99 Å². The Morgan fingerprint density at radius 1 is 1.50 bits per heavy atom. The number of rotatable bonds is 2. The Morgan fingerprint density at radius 3 is 2.69 bits per heavy atom. The fourth-order valence-electron chi connectivity index (χ4n) is 1.28. The molecule has 0 saturated heterocycles. The van der Waals surface area contributed by atoms with Crippen LogP contribution in [-0.4, -0.2) is 35.0 Å². The average molecular weight is 243 g/mol. The molecule has 2 N–H and O–H groups in total. The molecule has 1 aliphatic rings. The molecule has 0 aromatic rings. The average Bonchev–Trinajstić information content (AvgIpc) is 2.16. The molecule has 0 fully saturated rings. The van der Waals surface area contributed by atoms with E-state index in [2.05, 4.69) is 15.6 Å². The second-order valence-electron chi connectivity index (χ2n) is 4.99. The molecule has 0 bridgehead atoms. The van der Waals surface area contributed by atoms with E-state index in [1.54, 1.807) is 11.8 Å². The lowest BCUT2D eigenvalue weighted by Crippen LogP contribution is -2.50. The molecular weight excluding hydrogens is 222 g/mol. The number of amidine groups is 1.